The average molecular weight is 274 g/mol. The van der Waals surface area contributed by atoms with Gasteiger partial charge in [0.25, 0.3) is 0 Å². The van der Waals surface area contributed by atoms with Crippen LogP contribution in [0, 0.1) is 25.4 Å². The molecular weight excluding hydrogens is 252 g/mol. The van der Waals surface area contributed by atoms with E-state index in [4.69, 9.17) is 12.2 Å². The summed E-state index contributed by atoms with van der Waals surface area (Å²) in [4.78, 5) is 0. The third kappa shape index (κ3) is 2.66. The van der Waals surface area contributed by atoms with Crippen LogP contribution >= 0.6 is 12.2 Å². The lowest BCUT2D eigenvalue weighted by Crippen LogP contribution is -2.13. The fourth-order valence-electron chi connectivity index (χ4n) is 2.47. The highest BCUT2D eigenvalue weighted by atomic mass is 32.1. The second kappa shape index (κ2) is 4.64. The molecule has 1 heterocycles. The first-order valence-electron chi connectivity index (χ1n) is 6.61. The van der Waals surface area contributed by atoms with E-state index in [1.807, 2.05) is 4.68 Å². The van der Waals surface area contributed by atoms with Crippen molar-refractivity contribution in [1.29, 1.82) is 0 Å². The summed E-state index contributed by atoms with van der Waals surface area (Å²) in [6.07, 6.45) is 0. The molecule has 1 aromatic carbocycles. The van der Waals surface area contributed by atoms with E-state index < -0.39 is 0 Å². The SMILES string of the molecule is Cc1cc(C)c(-n2[nH]c(C(C)(C)C)cc2=S)c(C)c1. The van der Waals surface area contributed by atoms with Gasteiger partial charge in [-0.15, -0.1) is 0 Å². The Bertz CT molecular complexity index is 646. The van der Waals surface area contributed by atoms with Crippen LogP contribution in [0.25, 0.3) is 5.69 Å². The summed E-state index contributed by atoms with van der Waals surface area (Å²) in [6.45, 7) is 13.0. The van der Waals surface area contributed by atoms with Gasteiger partial charge in [-0.1, -0.05) is 50.7 Å². The van der Waals surface area contributed by atoms with Crippen LogP contribution in [-0.4, -0.2) is 9.78 Å². The minimum atomic E-state index is 0.0747. The van der Waals surface area contributed by atoms with Crippen molar-refractivity contribution in [1.82, 2.24) is 9.78 Å². The Labute approximate surface area is 120 Å². The van der Waals surface area contributed by atoms with Gasteiger partial charge < -0.3 is 0 Å². The van der Waals surface area contributed by atoms with Crippen LogP contribution in [0.2, 0.25) is 0 Å². The van der Waals surface area contributed by atoms with Crippen LogP contribution < -0.4 is 0 Å². The molecule has 0 saturated carbocycles. The minimum Gasteiger partial charge on any atom is -0.296 e. The zero-order valence-electron chi connectivity index (χ0n) is 12.6. The van der Waals surface area contributed by atoms with E-state index >= 15 is 0 Å². The Morgan fingerprint density at radius 2 is 1.53 bits per heavy atom. The Morgan fingerprint density at radius 1 is 1.00 bits per heavy atom. The number of aromatic nitrogens is 2. The second-order valence-corrected chi connectivity index (χ2v) is 6.76. The molecule has 0 aliphatic heterocycles. The Kier molecular flexibility index (Phi) is 3.43. The molecule has 1 N–H and O–H groups in total. The summed E-state index contributed by atoms with van der Waals surface area (Å²) in [5.74, 6) is 0. The van der Waals surface area contributed by atoms with Crippen molar-refractivity contribution in [2.24, 2.45) is 0 Å². The second-order valence-electron chi connectivity index (χ2n) is 6.34. The largest absolute Gasteiger partial charge is 0.296 e. The van der Waals surface area contributed by atoms with Crippen LogP contribution in [0.5, 0.6) is 0 Å². The minimum absolute atomic E-state index is 0.0747. The van der Waals surface area contributed by atoms with Crippen LogP contribution in [0.3, 0.4) is 0 Å². The lowest BCUT2D eigenvalue weighted by atomic mass is 9.93. The average Bonchev–Trinajstić information content (AvgIpc) is 2.59. The predicted octanol–water partition coefficient (Wildman–Crippen LogP) is 4.76. The third-order valence-corrected chi connectivity index (χ3v) is 3.69. The standard InChI is InChI=1S/C16H22N2S/c1-10-7-11(2)15(12(3)8-10)18-14(19)9-13(17-18)16(4,5)6/h7-9,17H,1-6H3. The van der Waals surface area contributed by atoms with Gasteiger partial charge in [0.05, 0.1) is 5.69 Å². The normalized spacial score (nSPS) is 11.9. The molecule has 0 aliphatic carbocycles. The maximum atomic E-state index is 5.51. The van der Waals surface area contributed by atoms with Gasteiger partial charge in [-0.2, -0.15) is 0 Å². The highest BCUT2D eigenvalue weighted by molar-refractivity contribution is 7.71. The molecule has 2 nitrogen and oxygen atoms in total. The summed E-state index contributed by atoms with van der Waals surface area (Å²) >= 11 is 5.51. The molecule has 19 heavy (non-hydrogen) atoms. The number of aryl methyl sites for hydroxylation is 3. The molecule has 0 atom stereocenters. The van der Waals surface area contributed by atoms with Crippen LogP contribution in [0.4, 0.5) is 0 Å². The van der Waals surface area contributed by atoms with Crippen molar-refractivity contribution in [3.63, 3.8) is 0 Å². The number of nitrogens with zero attached hydrogens (tertiary/aromatic N) is 1. The molecule has 102 valence electrons. The molecule has 0 radical (unpaired) electrons. The van der Waals surface area contributed by atoms with E-state index in [1.165, 1.54) is 22.4 Å². The van der Waals surface area contributed by atoms with Gasteiger partial charge in [0.2, 0.25) is 0 Å². The van der Waals surface area contributed by atoms with Crippen molar-refractivity contribution in [3.8, 4) is 5.69 Å². The van der Waals surface area contributed by atoms with E-state index in [0.29, 0.717) is 0 Å². The summed E-state index contributed by atoms with van der Waals surface area (Å²) in [5.41, 5.74) is 6.19. The quantitative estimate of drug-likeness (QED) is 0.744. The maximum absolute atomic E-state index is 5.51. The lowest BCUT2D eigenvalue weighted by molar-refractivity contribution is 0.560. The molecule has 0 saturated heterocycles. The first kappa shape index (κ1) is 14.1. The summed E-state index contributed by atoms with van der Waals surface area (Å²) in [7, 11) is 0. The van der Waals surface area contributed by atoms with Gasteiger partial charge in [-0.25, -0.2) is 4.68 Å². The number of benzene rings is 1. The maximum Gasteiger partial charge on any atom is 0.128 e. The van der Waals surface area contributed by atoms with Gasteiger partial charge >= 0.3 is 0 Å². The van der Waals surface area contributed by atoms with E-state index in [0.717, 1.165) is 10.3 Å². The number of aromatic amines is 1. The third-order valence-electron chi connectivity index (χ3n) is 3.39. The van der Waals surface area contributed by atoms with E-state index in [1.54, 1.807) is 0 Å². The molecule has 0 fully saturated rings. The van der Waals surface area contributed by atoms with E-state index in [2.05, 4.69) is 64.8 Å². The molecule has 0 spiro atoms. The molecule has 0 unspecified atom stereocenters. The molecule has 0 amide bonds. The van der Waals surface area contributed by atoms with E-state index in [9.17, 15) is 0 Å². The zero-order chi connectivity index (χ0) is 14.4. The highest BCUT2D eigenvalue weighted by Gasteiger charge is 2.18. The van der Waals surface area contributed by atoms with E-state index in [-0.39, 0.29) is 5.41 Å². The topological polar surface area (TPSA) is 20.7 Å². The zero-order valence-corrected chi connectivity index (χ0v) is 13.4. The molecule has 3 heteroatoms. The van der Waals surface area contributed by atoms with Gasteiger partial charge in [0.1, 0.15) is 4.64 Å². The molecular formula is C16H22N2S. The van der Waals surface area contributed by atoms with Crippen LogP contribution in [-0.2, 0) is 5.41 Å². The number of hydrogen-bond donors (Lipinski definition) is 1. The van der Waals surface area contributed by atoms with Crippen molar-refractivity contribution in [3.05, 3.63) is 45.2 Å². The fraction of sp³-hybridized carbons (Fsp3) is 0.438. The van der Waals surface area contributed by atoms with Gasteiger partial charge in [-0.3, -0.25) is 5.10 Å². The van der Waals surface area contributed by atoms with Crippen molar-refractivity contribution in [2.45, 2.75) is 47.0 Å². The number of rotatable bonds is 1. The van der Waals surface area contributed by atoms with Crippen molar-refractivity contribution < 1.29 is 0 Å². The lowest BCUT2D eigenvalue weighted by Gasteiger charge is -2.17. The molecule has 1 aromatic heterocycles. The van der Waals surface area contributed by atoms with Crippen molar-refractivity contribution in [2.75, 3.05) is 0 Å². The van der Waals surface area contributed by atoms with Gasteiger partial charge in [0, 0.05) is 11.1 Å². The molecule has 2 aromatic rings. The number of H-pyrrole nitrogens is 1. The van der Waals surface area contributed by atoms with Crippen LogP contribution in [0.15, 0.2) is 18.2 Å². The Hall–Kier alpha value is -1.35. The monoisotopic (exact) mass is 274 g/mol. The smallest absolute Gasteiger partial charge is 0.128 e. The van der Waals surface area contributed by atoms with Crippen LogP contribution in [0.1, 0.15) is 43.2 Å². The first-order valence-corrected chi connectivity index (χ1v) is 7.02. The van der Waals surface area contributed by atoms with Gasteiger partial charge in [0.15, 0.2) is 0 Å². The summed E-state index contributed by atoms with van der Waals surface area (Å²) < 4.78 is 2.86. The fourth-order valence-corrected chi connectivity index (χ4v) is 2.73. The molecule has 2 rings (SSSR count). The van der Waals surface area contributed by atoms with Gasteiger partial charge in [-0.05, 0) is 38.0 Å². The molecule has 0 bridgehead atoms. The number of nitrogens with one attached hydrogen (secondary N) is 1. The summed E-state index contributed by atoms with van der Waals surface area (Å²) in [5, 5.41) is 3.45. The molecule has 0 aliphatic rings. The number of hydrogen-bond acceptors (Lipinski definition) is 1. The summed E-state index contributed by atoms with van der Waals surface area (Å²) in [6, 6.07) is 6.46. The Morgan fingerprint density at radius 3 is 1.95 bits per heavy atom. The first-order chi connectivity index (χ1) is 8.70. The van der Waals surface area contributed by atoms with Crippen molar-refractivity contribution >= 4 is 12.2 Å². The highest BCUT2D eigenvalue weighted by Crippen LogP contribution is 2.25. The Balaban J connectivity index is 2.67. The predicted molar refractivity (Wildman–Crippen MR) is 83.9 cm³/mol.